The van der Waals surface area contributed by atoms with E-state index in [4.69, 9.17) is 0 Å². The predicted octanol–water partition coefficient (Wildman–Crippen LogP) is -1.35. The van der Waals surface area contributed by atoms with Gasteiger partial charge in [-0.05, 0) is 0 Å². The summed E-state index contributed by atoms with van der Waals surface area (Å²) in [6, 6.07) is 0. The van der Waals surface area contributed by atoms with E-state index >= 15 is 0 Å². The van der Waals surface area contributed by atoms with Gasteiger partial charge in [-0.2, -0.15) is 0 Å². The van der Waals surface area contributed by atoms with Crippen molar-refractivity contribution in [3.63, 3.8) is 0 Å². The second-order valence-corrected chi connectivity index (χ2v) is 5.67. The van der Waals surface area contributed by atoms with Gasteiger partial charge in [0.25, 0.3) is 0 Å². The van der Waals surface area contributed by atoms with Crippen LogP contribution in [0.2, 0.25) is 0 Å². The average Bonchev–Trinajstić information content (AvgIpc) is 2.97. The summed E-state index contributed by atoms with van der Waals surface area (Å²) in [5.41, 5.74) is 1.26. The Bertz CT molecular complexity index is 765. The van der Waals surface area contributed by atoms with Crippen LogP contribution in [0.5, 0.6) is 0 Å². The fourth-order valence-electron chi connectivity index (χ4n) is 1.56. The monoisotopic (exact) mass is 325 g/mol. The Balaban J connectivity index is 2.08. The van der Waals surface area contributed by atoms with Crippen LogP contribution in [0.25, 0.3) is 11.2 Å². The van der Waals surface area contributed by atoms with Gasteiger partial charge < -0.3 is 0 Å². The molecule has 0 aromatic carbocycles. The summed E-state index contributed by atoms with van der Waals surface area (Å²) in [5, 5.41) is 10.9. The molecule has 0 aliphatic rings. The van der Waals surface area contributed by atoms with Crippen LogP contribution in [-0.2, 0) is 7.05 Å². The Morgan fingerprint density at radius 1 is 1.37 bits per heavy atom. The van der Waals surface area contributed by atoms with Crippen LogP contribution in [0.1, 0.15) is 0 Å². The molecule has 0 amide bonds. The molecule has 0 unspecified atom stereocenters. The van der Waals surface area contributed by atoms with E-state index in [9.17, 15) is 10.1 Å². The maximum atomic E-state index is 10.9. The molecule has 19 heavy (non-hydrogen) atoms. The van der Waals surface area contributed by atoms with Crippen LogP contribution >= 0.6 is 0 Å². The molecule has 1 N–H and O–H groups in total. The zero-order chi connectivity index (χ0) is 13.4. The molecule has 0 saturated carbocycles. The molecule has 0 spiro atoms. The number of fused-ring (bicyclic) bond motifs is 1. The molecule has 3 aromatic heterocycles. The zero-order valence-corrected chi connectivity index (χ0v) is 11.4. The van der Waals surface area contributed by atoms with E-state index in [0.29, 0.717) is 20.3 Å². The summed E-state index contributed by atoms with van der Waals surface area (Å²) < 4.78 is 2.90. The molecule has 3 heterocycles. The minimum absolute atomic E-state index is 0.131. The summed E-state index contributed by atoms with van der Waals surface area (Å²) in [4.78, 5) is 29.4. The Morgan fingerprint density at radius 3 is 3.00 bits per heavy atom. The standard InChI is InChI=1S/C9H7N7O2Se/c1-15-4-14-7(16(17)18)9(15)19-8-5-6(11-2-10-5)12-3-13-8/h2-4H,1H3,(H,10,11,12,13). The van der Waals surface area contributed by atoms with E-state index in [1.165, 1.54) is 19.0 Å². The third kappa shape index (κ3) is 1.96. The fraction of sp³-hybridized carbons (Fsp3) is 0.111. The molecule has 0 saturated heterocycles. The predicted molar refractivity (Wildman–Crippen MR) is 66.6 cm³/mol. The molecule has 0 radical (unpaired) electrons. The molecule has 0 atom stereocenters. The van der Waals surface area contributed by atoms with E-state index in [1.807, 2.05) is 0 Å². The van der Waals surface area contributed by atoms with E-state index in [1.54, 1.807) is 11.6 Å². The molecular weight excluding hydrogens is 317 g/mol. The molecule has 96 valence electrons. The molecule has 0 bridgehead atoms. The topological polar surface area (TPSA) is 115 Å². The summed E-state index contributed by atoms with van der Waals surface area (Å²) in [5.74, 6) is -0.131. The first kappa shape index (κ1) is 11.8. The number of nitrogens with zero attached hydrogens (tertiary/aromatic N) is 6. The van der Waals surface area contributed by atoms with E-state index < -0.39 is 4.92 Å². The number of aryl methyl sites for hydroxylation is 1. The van der Waals surface area contributed by atoms with Crippen LogP contribution in [0.15, 0.2) is 19.0 Å². The van der Waals surface area contributed by atoms with Gasteiger partial charge in [-0.15, -0.1) is 0 Å². The molecular formula is C9H7N7O2Se. The summed E-state index contributed by atoms with van der Waals surface area (Å²) in [6.45, 7) is 0. The molecule has 0 aliphatic heterocycles. The van der Waals surface area contributed by atoms with Crippen LogP contribution in [0, 0.1) is 10.1 Å². The maximum absolute atomic E-state index is 10.9. The normalized spacial score (nSPS) is 11.0. The number of hydrogen-bond donors (Lipinski definition) is 1. The number of hydrogen-bond acceptors (Lipinski definition) is 6. The summed E-state index contributed by atoms with van der Waals surface area (Å²) in [6.07, 6.45) is 4.36. The second-order valence-electron chi connectivity index (χ2n) is 3.62. The van der Waals surface area contributed by atoms with Crippen molar-refractivity contribution in [1.82, 2.24) is 29.5 Å². The van der Waals surface area contributed by atoms with E-state index in [0.717, 1.165) is 0 Å². The van der Waals surface area contributed by atoms with Gasteiger partial charge in [0.05, 0.1) is 0 Å². The first-order chi connectivity index (χ1) is 9.16. The van der Waals surface area contributed by atoms with E-state index in [-0.39, 0.29) is 20.8 Å². The summed E-state index contributed by atoms with van der Waals surface area (Å²) in [7, 11) is 1.72. The van der Waals surface area contributed by atoms with Gasteiger partial charge in [0.15, 0.2) is 0 Å². The molecule has 9 nitrogen and oxygen atoms in total. The van der Waals surface area contributed by atoms with Crippen molar-refractivity contribution in [2.24, 2.45) is 7.05 Å². The fourth-order valence-corrected chi connectivity index (χ4v) is 3.54. The van der Waals surface area contributed by atoms with Gasteiger partial charge in [-0.1, -0.05) is 0 Å². The third-order valence-electron chi connectivity index (χ3n) is 2.42. The average molecular weight is 324 g/mol. The number of aromatic amines is 1. The quantitative estimate of drug-likeness (QED) is 0.362. The second kappa shape index (κ2) is 4.41. The van der Waals surface area contributed by atoms with Crippen molar-refractivity contribution in [2.45, 2.75) is 0 Å². The van der Waals surface area contributed by atoms with Gasteiger partial charge in [0.1, 0.15) is 0 Å². The van der Waals surface area contributed by atoms with Gasteiger partial charge in [0.2, 0.25) is 0 Å². The SMILES string of the molecule is Cn1cnc([N+](=O)[O-])c1[Se]c1ncnc2nc[nH]c12. The van der Waals surface area contributed by atoms with Crippen LogP contribution in [0.4, 0.5) is 5.82 Å². The first-order valence-electron chi connectivity index (χ1n) is 5.14. The molecule has 0 fully saturated rings. The van der Waals surface area contributed by atoms with Crippen molar-refractivity contribution >= 4 is 41.1 Å². The first-order valence-corrected chi connectivity index (χ1v) is 6.85. The number of imidazole rings is 2. The van der Waals surface area contributed by atoms with Crippen LogP contribution < -0.4 is 9.18 Å². The number of rotatable bonds is 3. The molecule has 0 aliphatic carbocycles. The molecule has 10 heteroatoms. The zero-order valence-electron chi connectivity index (χ0n) is 9.64. The Kier molecular flexibility index (Phi) is 2.73. The van der Waals surface area contributed by atoms with Crippen molar-refractivity contribution in [2.75, 3.05) is 0 Å². The van der Waals surface area contributed by atoms with Crippen LogP contribution in [0.3, 0.4) is 0 Å². The molecule has 3 aromatic rings. The van der Waals surface area contributed by atoms with Crippen molar-refractivity contribution < 1.29 is 4.92 Å². The third-order valence-corrected chi connectivity index (χ3v) is 4.87. The summed E-state index contributed by atoms with van der Waals surface area (Å²) >= 11 is -0.360. The van der Waals surface area contributed by atoms with Crippen molar-refractivity contribution in [3.05, 3.63) is 29.1 Å². The van der Waals surface area contributed by atoms with E-state index in [2.05, 4.69) is 24.9 Å². The van der Waals surface area contributed by atoms with Gasteiger partial charge in [0, 0.05) is 0 Å². The van der Waals surface area contributed by atoms with Gasteiger partial charge in [-0.3, -0.25) is 0 Å². The Morgan fingerprint density at radius 2 is 2.21 bits per heavy atom. The van der Waals surface area contributed by atoms with Gasteiger partial charge in [-0.25, -0.2) is 0 Å². The number of nitrogens with one attached hydrogen (secondary N) is 1. The van der Waals surface area contributed by atoms with Crippen molar-refractivity contribution in [1.29, 1.82) is 0 Å². The van der Waals surface area contributed by atoms with Crippen LogP contribution in [-0.4, -0.2) is 49.4 Å². The minimum atomic E-state index is -0.484. The number of aromatic nitrogens is 6. The Hall–Kier alpha value is -2.32. The molecule has 3 rings (SSSR count). The van der Waals surface area contributed by atoms with Crippen molar-refractivity contribution in [3.8, 4) is 0 Å². The number of H-pyrrole nitrogens is 1. The Labute approximate surface area is 112 Å². The van der Waals surface area contributed by atoms with Gasteiger partial charge >= 0.3 is 112 Å². The number of nitro groups is 1.